The highest BCUT2D eigenvalue weighted by Gasteiger charge is 2.46. The Kier molecular flexibility index (Phi) is 15.3. The van der Waals surface area contributed by atoms with Gasteiger partial charge in [0.05, 0.1) is 22.4 Å². The Balaban J connectivity index is 1.09. The van der Waals surface area contributed by atoms with Crippen LogP contribution in [0.3, 0.4) is 0 Å². The fraction of sp³-hybridized carbons (Fsp3) is 0.250. The lowest BCUT2D eigenvalue weighted by Crippen LogP contribution is -2.61. The maximum atomic E-state index is 2.75. The fourth-order valence-electron chi connectivity index (χ4n) is 15.9. The summed E-state index contributed by atoms with van der Waals surface area (Å²) in [5.41, 5.74) is 31.2. The lowest BCUT2D eigenvalue weighted by Gasteiger charge is -2.46. The Morgan fingerprint density at radius 1 is 0.277 bits per heavy atom. The number of hydrogen-bond acceptors (Lipinski definition) is 3. The van der Waals surface area contributed by atoms with Gasteiger partial charge < -0.3 is 14.4 Å². The first-order valence-electron chi connectivity index (χ1n) is 36.5. The molecule has 2 aliphatic rings. The van der Waals surface area contributed by atoms with E-state index in [1.165, 1.54) is 170 Å². The number of benzene rings is 12. The molecule has 4 heterocycles. The first-order valence-corrected chi connectivity index (χ1v) is 37.3. The normalized spacial score (nSPS) is 13.6. The largest absolute Gasteiger partial charge is 0.311 e. The van der Waals surface area contributed by atoms with Crippen LogP contribution in [0.4, 0.5) is 34.1 Å². The minimum absolute atomic E-state index is 0.0409. The second kappa shape index (κ2) is 23.4. The molecule has 0 amide bonds. The highest BCUT2D eigenvalue weighted by molar-refractivity contribution is 7.26. The Bertz CT molecular complexity index is 5480. The zero-order valence-electron chi connectivity index (χ0n) is 62.4. The van der Waals surface area contributed by atoms with Crippen LogP contribution in [0.5, 0.6) is 0 Å². The summed E-state index contributed by atoms with van der Waals surface area (Å²) in [6.45, 7) is 42.3. The van der Waals surface area contributed by atoms with E-state index in [0.717, 1.165) is 5.69 Å². The van der Waals surface area contributed by atoms with Gasteiger partial charge in [0, 0.05) is 70.5 Å². The van der Waals surface area contributed by atoms with E-state index in [0.29, 0.717) is 0 Å². The molecule has 502 valence electrons. The Labute approximate surface area is 604 Å². The lowest BCUT2D eigenvalue weighted by molar-refractivity contribution is 0.569. The van der Waals surface area contributed by atoms with E-state index in [1.54, 1.807) is 0 Å². The summed E-state index contributed by atoms with van der Waals surface area (Å²) in [5, 5.41) is 5.08. The molecule has 0 unspecified atom stereocenters. The van der Waals surface area contributed by atoms with Crippen LogP contribution < -0.4 is 26.2 Å². The highest BCUT2D eigenvalue weighted by atomic mass is 32.1. The minimum atomic E-state index is -0.295. The van der Waals surface area contributed by atoms with Gasteiger partial charge in [0.2, 0.25) is 0 Å². The summed E-state index contributed by atoms with van der Waals surface area (Å²) >= 11 is 1.90. The van der Waals surface area contributed by atoms with Crippen LogP contribution in [-0.2, 0) is 32.5 Å². The van der Waals surface area contributed by atoms with Gasteiger partial charge in [0.1, 0.15) is 0 Å². The Morgan fingerprint density at radius 2 is 0.713 bits per heavy atom. The zero-order chi connectivity index (χ0) is 70.8. The van der Waals surface area contributed by atoms with Gasteiger partial charge in [-0.05, 0) is 201 Å². The zero-order valence-corrected chi connectivity index (χ0v) is 63.2. The van der Waals surface area contributed by atoms with Crippen LogP contribution in [0.2, 0.25) is 0 Å². The fourth-order valence-corrected chi connectivity index (χ4v) is 17.1. The summed E-state index contributed by atoms with van der Waals surface area (Å²) in [6, 6.07) is 94.9. The van der Waals surface area contributed by atoms with E-state index in [-0.39, 0.29) is 39.2 Å². The van der Waals surface area contributed by atoms with Crippen LogP contribution in [0.1, 0.15) is 158 Å². The molecule has 0 bridgehead atoms. The molecule has 0 saturated heterocycles. The van der Waals surface area contributed by atoms with Crippen LogP contribution in [0, 0.1) is 0 Å². The molecule has 0 spiro atoms. The summed E-state index contributed by atoms with van der Waals surface area (Å²) in [7, 11) is 0. The number of aromatic nitrogens is 1. The number of hydrogen-bond donors (Lipinski definition) is 0. The Morgan fingerprint density at radius 3 is 1.24 bits per heavy atom. The van der Waals surface area contributed by atoms with E-state index < -0.39 is 0 Å². The molecule has 0 saturated carbocycles. The smallest absolute Gasteiger partial charge is 0.252 e. The van der Waals surface area contributed by atoms with Crippen LogP contribution in [0.15, 0.2) is 243 Å². The molecule has 0 fully saturated rings. The molecule has 3 nitrogen and oxygen atoms in total. The number of anilines is 6. The number of nitrogens with zero attached hydrogens (tertiary/aromatic N) is 3. The van der Waals surface area contributed by atoms with Crippen molar-refractivity contribution in [2.24, 2.45) is 0 Å². The second-order valence-electron chi connectivity index (χ2n) is 35.1. The predicted molar refractivity (Wildman–Crippen MR) is 442 cm³/mol. The van der Waals surface area contributed by atoms with Crippen LogP contribution >= 0.6 is 11.3 Å². The molecule has 16 rings (SSSR count). The summed E-state index contributed by atoms with van der Waals surface area (Å²) in [4.78, 5) is 5.49. The van der Waals surface area contributed by atoms with Gasteiger partial charge in [-0.2, -0.15) is 0 Å². The molecule has 101 heavy (non-hydrogen) atoms. The van der Waals surface area contributed by atoms with Crippen LogP contribution in [0.25, 0.3) is 92.2 Å². The maximum absolute atomic E-state index is 2.75. The number of thiophene rings is 1. The molecule has 2 aromatic heterocycles. The van der Waals surface area contributed by atoms with Gasteiger partial charge in [0.15, 0.2) is 0 Å². The molecule has 5 heteroatoms. The molecule has 0 aliphatic carbocycles. The van der Waals surface area contributed by atoms with Gasteiger partial charge in [-0.1, -0.05) is 282 Å². The van der Waals surface area contributed by atoms with Crippen molar-refractivity contribution in [3.8, 4) is 50.2 Å². The van der Waals surface area contributed by atoms with Crippen molar-refractivity contribution in [2.75, 3.05) is 9.80 Å². The van der Waals surface area contributed by atoms with Crippen molar-refractivity contribution in [1.29, 1.82) is 0 Å². The second-order valence-corrected chi connectivity index (χ2v) is 36.2. The molecule has 2 aliphatic heterocycles. The SMILES string of the molecule is CC(C)(C)c1cc(-c2ccc3c(c2)N(c2c(-c4ccccc4)cc(C(C)(C)C)cc2-c2ccccc2)c2cc(C(C)(C)C)cc4c2B3c2ccc(-n3c5ccc(C(C)(C)C)cc5c5cc(C(C)(C)C)ccc53)cc2N4c2cc(-c3ccccc3)cc3sc4ccccc4c23)cc(C(C)(C)C)c1. The van der Waals surface area contributed by atoms with E-state index >= 15 is 0 Å². The first kappa shape index (κ1) is 65.9. The molecule has 0 N–H and O–H groups in total. The van der Waals surface area contributed by atoms with Gasteiger partial charge in [-0.15, -0.1) is 11.3 Å². The van der Waals surface area contributed by atoms with Crippen molar-refractivity contribution in [3.05, 3.63) is 276 Å². The third-order valence-corrected chi connectivity index (χ3v) is 23.0. The van der Waals surface area contributed by atoms with Crippen molar-refractivity contribution >= 4 is 111 Å². The topological polar surface area (TPSA) is 11.4 Å². The van der Waals surface area contributed by atoms with Gasteiger partial charge in [0.25, 0.3) is 6.71 Å². The van der Waals surface area contributed by atoms with E-state index in [1.807, 2.05) is 11.3 Å². The first-order chi connectivity index (χ1) is 47.9. The average molecular weight is 1330 g/mol. The minimum Gasteiger partial charge on any atom is -0.311 e. The highest BCUT2D eigenvalue weighted by Crippen LogP contribution is 2.55. The Hall–Kier alpha value is -9.68. The lowest BCUT2D eigenvalue weighted by atomic mass is 9.33. The standard InChI is InChI=1S/C96H94BN3S/c1-91(2,3)65-39-44-79-75(52-65)76-53-66(92(4,5)6)40-45-80(76)98(79)71-41-43-78-82(58-71)99(83-49-64(59-30-22-19-23-31-59)50-87-88(83)72-36-28-29-37-86(72)101-87)84-56-70(96(16,17)18)57-85-89(84)97(78)77-42-38-62(63-46-67(93(7,8)9)51-68(47-63)94(10,11)12)48-81(77)100(85)90-73(60-32-24-20-25-33-60)54-69(95(13,14)15)55-74(90)61-34-26-21-27-35-61/h19-58H,1-18H3. The summed E-state index contributed by atoms with van der Waals surface area (Å²) in [6.07, 6.45) is 0. The molecule has 12 aromatic carbocycles. The predicted octanol–water partition coefficient (Wildman–Crippen LogP) is 25.7. The number of rotatable bonds is 7. The molecular weight excluding hydrogens is 1240 g/mol. The maximum Gasteiger partial charge on any atom is 0.252 e. The van der Waals surface area contributed by atoms with E-state index in [9.17, 15) is 0 Å². The molecular formula is C96H94BN3S. The van der Waals surface area contributed by atoms with Crippen LogP contribution in [-0.4, -0.2) is 11.3 Å². The van der Waals surface area contributed by atoms with E-state index in [4.69, 9.17) is 0 Å². The third kappa shape index (κ3) is 11.3. The van der Waals surface area contributed by atoms with Crippen molar-refractivity contribution in [3.63, 3.8) is 0 Å². The van der Waals surface area contributed by atoms with Gasteiger partial charge in [-0.25, -0.2) is 0 Å². The number of fused-ring (bicyclic) bond motifs is 10. The molecule has 0 atom stereocenters. The summed E-state index contributed by atoms with van der Waals surface area (Å²) in [5.74, 6) is 0. The molecule has 0 radical (unpaired) electrons. The van der Waals surface area contributed by atoms with E-state index in [2.05, 4.69) is 382 Å². The molecule has 14 aromatic rings. The monoisotopic (exact) mass is 1330 g/mol. The summed E-state index contributed by atoms with van der Waals surface area (Å²) < 4.78 is 5.11. The average Bonchev–Trinajstić information content (AvgIpc) is 1.06. The van der Waals surface area contributed by atoms with Crippen molar-refractivity contribution in [2.45, 2.75) is 157 Å². The van der Waals surface area contributed by atoms with Crippen molar-refractivity contribution in [1.82, 2.24) is 4.57 Å². The van der Waals surface area contributed by atoms with Gasteiger partial charge in [-0.3, -0.25) is 0 Å². The van der Waals surface area contributed by atoms with Gasteiger partial charge >= 0.3 is 0 Å². The van der Waals surface area contributed by atoms with Crippen molar-refractivity contribution < 1.29 is 0 Å². The third-order valence-electron chi connectivity index (χ3n) is 21.8. The quantitative estimate of drug-likeness (QED) is 0.147.